The number of hydrogen-bond acceptors (Lipinski definition) is 2. The van der Waals surface area contributed by atoms with Gasteiger partial charge in [0.2, 0.25) is 6.41 Å². The summed E-state index contributed by atoms with van der Waals surface area (Å²) in [6.07, 6.45) is 2.34. The van der Waals surface area contributed by atoms with Crippen LogP contribution in [0.3, 0.4) is 0 Å². The van der Waals surface area contributed by atoms with Crippen LogP contribution >= 0.6 is 0 Å². The molecule has 0 aliphatic carbocycles. The van der Waals surface area contributed by atoms with Gasteiger partial charge in [-0.2, -0.15) is 0 Å². The average molecular weight is 175 g/mol. The molecule has 0 aliphatic rings. The maximum atomic E-state index is 10.2. The van der Waals surface area contributed by atoms with Crippen molar-refractivity contribution in [1.82, 2.24) is 5.32 Å². The molecule has 0 fully saturated rings. The molecule has 1 amide bonds. The van der Waals surface area contributed by atoms with Gasteiger partial charge in [0.05, 0.1) is 0 Å². The second-order valence-corrected chi connectivity index (χ2v) is 2.38. The average Bonchev–Trinajstić information content (AvgIpc) is 2.19. The standard InChI is InChI=1S/C10H9NO2/c12-7-6-10(11-8-13)9-4-2-1-3-5-9/h1-5,8,10,12H,(H,11,13). The van der Waals surface area contributed by atoms with Gasteiger partial charge in [-0.3, -0.25) is 4.79 Å². The predicted octanol–water partition coefficient (Wildman–Crippen LogP) is 0.807. The molecule has 0 spiro atoms. The molecule has 3 heteroatoms. The maximum Gasteiger partial charge on any atom is 0.208 e. The van der Waals surface area contributed by atoms with Crippen molar-refractivity contribution in [2.75, 3.05) is 0 Å². The lowest BCUT2D eigenvalue weighted by molar-refractivity contribution is -0.109. The van der Waals surface area contributed by atoms with Crippen LogP contribution < -0.4 is 5.32 Å². The first-order chi connectivity index (χ1) is 6.38. The van der Waals surface area contributed by atoms with Crippen LogP contribution in [0.1, 0.15) is 11.6 Å². The van der Waals surface area contributed by atoms with Gasteiger partial charge >= 0.3 is 0 Å². The highest BCUT2D eigenvalue weighted by molar-refractivity contribution is 5.49. The molecule has 0 radical (unpaired) electrons. The van der Waals surface area contributed by atoms with Crippen LogP contribution in [0.2, 0.25) is 0 Å². The summed E-state index contributed by atoms with van der Waals surface area (Å²) >= 11 is 0. The fraction of sp³-hybridized carbons (Fsp3) is 0.100. The molecule has 0 aromatic heterocycles. The number of nitrogens with one attached hydrogen (secondary N) is 1. The number of amides is 1. The van der Waals surface area contributed by atoms with Gasteiger partial charge in [-0.15, -0.1) is 0 Å². The Morgan fingerprint density at radius 3 is 2.62 bits per heavy atom. The molecule has 1 unspecified atom stereocenters. The minimum atomic E-state index is -0.441. The van der Waals surface area contributed by atoms with Crippen LogP contribution in [0.5, 0.6) is 0 Å². The second kappa shape index (κ2) is 4.83. The monoisotopic (exact) mass is 175 g/mol. The Bertz CT molecular complexity index is 324. The highest BCUT2D eigenvalue weighted by atomic mass is 16.2. The summed E-state index contributed by atoms with van der Waals surface area (Å²) in [6.45, 7) is 0. The SMILES string of the molecule is O=CNC(C#CO)c1ccccc1. The number of aliphatic hydroxyl groups is 1. The summed E-state index contributed by atoms with van der Waals surface area (Å²) in [7, 11) is 0. The number of rotatable bonds is 3. The number of carbonyl (C=O) groups is 1. The molecular formula is C10H9NO2. The van der Waals surface area contributed by atoms with Crippen molar-refractivity contribution in [2.24, 2.45) is 0 Å². The molecule has 0 saturated heterocycles. The van der Waals surface area contributed by atoms with Gasteiger partial charge in [0.15, 0.2) is 0 Å². The van der Waals surface area contributed by atoms with Crippen LogP contribution in [0, 0.1) is 12.0 Å². The number of aliphatic hydroxyl groups excluding tert-OH is 1. The van der Waals surface area contributed by atoms with Crippen LogP contribution in [-0.2, 0) is 4.79 Å². The Hall–Kier alpha value is -1.95. The molecule has 3 nitrogen and oxygen atoms in total. The third-order valence-electron chi connectivity index (χ3n) is 1.58. The van der Waals surface area contributed by atoms with Gasteiger partial charge in [-0.05, 0) is 11.5 Å². The Balaban J connectivity index is 2.86. The van der Waals surface area contributed by atoms with Crippen LogP contribution in [-0.4, -0.2) is 11.5 Å². The van der Waals surface area contributed by atoms with Gasteiger partial charge in [0, 0.05) is 0 Å². The molecule has 2 N–H and O–H groups in total. The van der Waals surface area contributed by atoms with Crippen molar-refractivity contribution < 1.29 is 9.90 Å². The molecule has 0 aliphatic heterocycles. The van der Waals surface area contributed by atoms with E-state index in [0.717, 1.165) is 5.56 Å². The van der Waals surface area contributed by atoms with Crippen molar-refractivity contribution in [2.45, 2.75) is 6.04 Å². The Morgan fingerprint density at radius 1 is 1.38 bits per heavy atom. The zero-order chi connectivity index (χ0) is 9.52. The first-order valence-corrected chi connectivity index (χ1v) is 3.77. The summed E-state index contributed by atoms with van der Waals surface area (Å²) in [5.41, 5.74) is 0.844. The normalized spacial score (nSPS) is 10.8. The van der Waals surface area contributed by atoms with E-state index in [1.807, 2.05) is 30.3 Å². The molecule has 66 valence electrons. The third-order valence-corrected chi connectivity index (χ3v) is 1.58. The molecule has 1 aromatic rings. The Labute approximate surface area is 76.4 Å². The highest BCUT2D eigenvalue weighted by Crippen LogP contribution is 2.09. The van der Waals surface area contributed by atoms with E-state index in [1.165, 1.54) is 0 Å². The molecule has 0 bridgehead atoms. The van der Waals surface area contributed by atoms with E-state index in [-0.39, 0.29) is 0 Å². The Kier molecular flexibility index (Phi) is 3.40. The molecular weight excluding hydrogens is 166 g/mol. The van der Waals surface area contributed by atoms with E-state index in [2.05, 4.69) is 11.2 Å². The lowest BCUT2D eigenvalue weighted by Gasteiger charge is -2.07. The largest absolute Gasteiger partial charge is 0.462 e. The Morgan fingerprint density at radius 2 is 2.08 bits per heavy atom. The lowest BCUT2D eigenvalue weighted by Crippen LogP contribution is -2.17. The van der Waals surface area contributed by atoms with E-state index in [9.17, 15) is 4.79 Å². The van der Waals surface area contributed by atoms with Crippen molar-refractivity contribution in [3.8, 4) is 12.0 Å². The first-order valence-electron chi connectivity index (χ1n) is 3.77. The fourth-order valence-corrected chi connectivity index (χ4v) is 0.999. The lowest BCUT2D eigenvalue weighted by atomic mass is 10.1. The van der Waals surface area contributed by atoms with E-state index in [4.69, 9.17) is 5.11 Å². The van der Waals surface area contributed by atoms with E-state index in [1.54, 1.807) is 6.11 Å². The van der Waals surface area contributed by atoms with Crippen molar-refractivity contribution >= 4 is 6.41 Å². The minimum Gasteiger partial charge on any atom is -0.462 e. The van der Waals surface area contributed by atoms with Gasteiger partial charge in [0.1, 0.15) is 12.1 Å². The molecule has 0 heterocycles. The summed E-state index contributed by atoms with van der Waals surface area (Å²) in [5.74, 6) is 2.46. The summed E-state index contributed by atoms with van der Waals surface area (Å²) < 4.78 is 0. The van der Waals surface area contributed by atoms with E-state index >= 15 is 0 Å². The molecule has 1 atom stereocenters. The molecule has 1 aromatic carbocycles. The number of benzene rings is 1. The van der Waals surface area contributed by atoms with E-state index < -0.39 is 6.04 Å². The predicted molar refractivity (Wildman–Crippen MR) is 48.1 cm³/mol. The van der Waals surface area contributed by atoms with Crippen LogP contribution in [0.4, 0.5) is 0 Å². The third kappa shape index (κ3) is 2.53. The zero-order valence-electron chi connectivity index (χ0n) is 6.90. The quantitative estimate of drug-likeness (QED) is 0.527. The zero-order valence-corrected chi connectivity index (χ0v) is 6.90. The smallest absolute Gasteiger partial charge is 0.208 e. The highest BCUT2D eigenvalue weighted by Gasteiger charge is 2.04. The topological polar surface area (TPSA) is 49.3 Å². The maximum absolute atomic E-state index is 10.2. The summed E-state index contributed by atoms with van der Waals surface area (Å²) in [5, 5.41) is 10.9. The van der Waals surface area contributed by atoms with Crippen LogP contribution in [0.25, 0.3) is 0 Å². The van der Waals surface area contributed by atoms with E-state index in [0.29, 0.717) is 6.41 Å². The molecule has 1 rings (SSSR count). The number of hydrogen-bond donors (Lipinski definition) is 2. The van der Waals surface area contributed by atoms with Gasteiger partial charge in [-0.1, -0.05) is 30.3 Å². The molecule has 0 saturated carbocycles. The second-order valence-electron chi connectivity index (χ2n) is 2.38. The van der Waals surface area contributed by atoms with Crippen LogP contribution in [0.15, 0.2) is 30.3 Å². The number of carbonyl (C=O) groups excluding carboxylic acids is 1. The van der Waals surface area contributed by atoms with Gasteiger partial charge in [-0.25, -0.2) is 0 Å². The minimum absolute atomic E-state index is 0.441. The van der Waals surface area contributed by atoms with Crippen molar-refractivity contribution in [3.63, 3.8) is 0 Å². The summed E-state index contributed by atoms with van der Waals surface area (Å²) in [6, 6.07) is 8.76. The van der Waals surface area contributed by atoms with Gasteiger partial charge in [0.25, 0.3) is 0 Å². The van der Waals surface area contributed by atoms with Gasteiger partial charge < -0.3 is 10.4 Å². The first kappa shape index (κ1) is 9.14. The fourth-order valence-electron chi connectivity index (χ4n) is 0.999. The summed E-state index contributed by atoms with van der Waals surface area (Å²) in [4.78, 5) is 10.2. The van der Waals surface area contributed by atoms with Crippen molar-refractivity contribution in [1.29, 1.82) is 0 Å². The molecule has 13 heavy (non-hydrogen) atoms. The van der Waals surface area contributed by atoms with Crippen molar-refractivity contribution in [3.05, 3.63) is 35.9 Å².